The second kappa shape index (κ2) is 12.4. The fourth-order valence-electron chi connectivity index (χ4n) is 3.63. The van der Waals surface area contributed by atoms with Gasteiger partial charge in [0.2, 0.25) is 11.8 Å². The Hall–Kier alpha value is -3.07. The second-order valence-electron chi connectivity index (χ2n) is 8.79. The van der Waals surface area contributed by atoms with Crippen molar-refractivity contribution in [3.8, 4) is 0 Å². The minimum atomic E-state index is -4.13. The number of anilines is 1. The normalized spacial score (nSPS) is 12.2. The van der Waals surface area contributed by atoms with E-state index < -0.39 is 28.5 Å². The lowest BCUT2D eigenvalue weighted by molar-refractivity contribution is -0.139. The van der Waals surface area contributed by atoms with Gasteiger partial charge < -0.3 is 10.2 Å². The van der Waals surface area contributed by atoms with Gasteiger partial charge >= 0.3 is 0 Å². The van der Waals surface area contributed by atoms with Gasteiger partial charge in [0.25, 0.3) is 10.0 Å². The molecule has 0 heterocycles. The number of nitrogens with one attached hydrogen (secondary N) is 1. The van der Waals surface area contributed by atoms with E-state index in [0.717, 1.165) is 9.87 Å². The van der Waals surface area contributed by atoms with Crippen molar-refractivity contribution < 1.29 is 18.0 Å². The molecule has 0 saturated heterocycles. The lowest BCUT2D eigenvalue weighted by atomic mass is 10.1. The Morgan fingerprint density at radius 1 is 0.838 bits per heavy atom. The van der Waals surface area contributed by atoms with Gasteiger partial charge in [0.05, 0.1) is 10.6 Å². The van der Waals surface area contributed by atoms with Crippen LogP contribution < -0.4 is 9.62 Å². The summed E-state index contributed by atoms with van der Waals surface area (Å²) in [6.07, 6.45) is 0. The Bertz CT molecular complexity index is 1320. The highest BCUT2D eigenvalue weighted by Crippen LogP contribution is 2.25. The third-order valence-corrected chi connectivity index (χ3v) is 7.88. The van der Waals surface area contributed by atoms with Crippen LogP contribution in [0.4, 0.5) is 5.69 Å². The van der Waals surface area contributed by atoms with Crippen LogP contribution >= 0.6 is 23.2 Å². The zero-order chi connectivity index (χ0) is 27.2. The van der Waals surface area contributed by atoms with E-state index in [-0.39, 0.29) is 23.4 Å². The summed E-state index contributed by atoms with van der Waals surface area (Å²) in [6, 6.07) is 20.0. The van der Waals surface area contributed by atoms with Gasteiger partial charge in [-0.05, 0) is 74.9 Å². The number of carbonyl (C=O) groups is 2. The van der Waals surface area contributed by atoms with Crippen molar-refractivity contribution in [3.05, 3.63) is 94.5 Å². The maximum absolute atomic E-state index is 13.8. The summed E-state index contributed by atoms with van der Waals surface area (Å²) in [5, 5.41) is 3.75. The number of hydrogen-bond acceptors (Lipinski definition) is 4. The van der Waals surface area contributed by atoms with E-state index in [0.29, 0.717) is 15.7 Å². The van der Waals surface area contributed by atoms with Crippen LogP contribution in [0.5, 0.6) is 0 Å². The van der Waals surface area contributed by atoms with Crippen LogP contribution in [0.15, 0.2) is 83.8 Å². The molecule has 0 unspecified atom stereocenters. The molecule has 0 radical (unpaired) electrons. The first-order chi connectivity index (χ1) is 17.5. The van der Waals surface area contributed by atoms with Crippen molar-refractivity contribution >= 4 is 50.7 Å². The monoisotopic (exact) mass is 561 g/mol. The van der Waals surface area contributed by atoms with Crippen LogP contribution in [-0.2, 0) is 26.2 Å². The Labute approximate surface area is 228 Å². The minimum Gasteiger partial charge on any atom is -0.352 e. The highest BCUT2D eigenvalue weighted by Gasteiger charge is 2.32. The first-order valence-electron chi connectivity index (χ1n) is 11.7. The molecular formula is C27H29Cl2N3O4S. The van der Waals surface area contributed by atoms with Crippen molar-refractivity contribution in [1.82, 2.24) is 10.2 Å². The van der Waals surface area contributed by atoms with Gasteiger partial charge in [-0.1, -0.05) is 53.5 Å². The molecule has 0 aromatic heterocycles. The van der Waals surface area contributed by atoms with E-state index in [1.807, 2.05) is 13.8 Å². The number of sulfonamides is 1. The molecule has 0 saturated carbocycles. The fourth-order valence-corrected chi connectivity index (χ4v) is 5.30. The number of hydrogen-bond donors (Lipinski definition) is 1. The van der Waals surface area contributed by atoms with Gasteiger partial charge in [-0.15, -0.1) is 0 Å². The molecule has 2 amide bonds. The number of halogens is 2. The quantitative estimate of drug-likeness (QED) is 0.371. The Balaban J connectivity index is 1.99. The summed E-state index contributed by atoms with van der Waals surface area (Å²) in [7, 11) is -4.13. The molecule has 3 aromatic rings. The van der Waals surface area contributed by atoms with Gasteiger partial charge in [-0.2, -0.15) is 0 Å². The van der Waals surface area contributed by atoms with Gasteiger partial charge in [-0.25, -0.2) is 8.42 Å². The molecule has 1 N–H and O–H groups in total. The molecule has 3 rings (SSSR count). The van der Waals surface area contributed by atoms with Crippen molar-refractivity contribution in [2.24, 2.45) is 0 Å². The molecule has 37 heavy (non-hydrogen) atoms. The van der Waals surface area contributed by atoms with E-state index in [4.69, 9.17) is 23.2 Å². The van der Waals surface area contributed by atoms with E-state index in [2.05, 4.69) is 5.32 Å². The average Bonchev–Trinajstić information content (AvgIpc) is 2.86. The number of nitrogens with zero attached hydrogens (tertiary/aromatic N) is 2. The van der Waals surface area contributed by atoms with Crippen LogP contribution in [0.1, 0.15) is 26.3 Å². The molecule has 7 nitrogen and oxygen atoms in total. The predicted octanol–water partition coefficient (Wildman–Crippen LogP) is 5.13. The summed E-state index contributed by atoms with van der Waals surface area (Å²) in [6.45, 7) is 4.85. The third-order valence-electron chi connectivity index (χ3n) is 5.59. The molecule has 3 aromatic carbocycles. The number of benzene rings is 3. The lowest BCUT2D eigenvalue weighted by Gasteiger charge is -2.32. The SMILES string of the molecule is CC(C)NC(=O)[C@H](C)N(Cc1ccc(Cl)cc1)C(=O)CN(c1ccccc1)S(=O)(=O)c1ccc(Cl)cc1. The topological polar surface area (TPSA) is 86.8 Å². The molecule has 0 aliphatic rings. The van der Waals surface area contributed by atoms with Crippen molar-refractivity contribution in [1.29, 1.82) is 0 Å². The van der Waals surface area contributed by atoms with E-state index in [1.54, 1.807) is 61.5 Å². The smallest absolute Gasteiger partial charge is 0.264 e. The van der Waals surface area contributed by atoms with Crippen LogP contribution in [0.2, 0.25) is 10.0 Å². The first-order valence-corrected chi connectivity index (χ1v) is 13.9. The van der Waals surface area contributed by atoms with Crippen molar-refractivity contribution in [3.63, 3.8) is 0 Å². The molecule has 0 aliphatic carbocycles. The molecule has 0 spiro atoms. The summed E-state index contributed by atoms with van der Waals surface area (Å²) in [5.41, 5.74) is 1.06. The van der Waals surface area contributed by atoms with Crippen LogP contribution in [0, 0.1) is 0 Å². The summed E-state index contributed by atoms with van der Waals surface area (Å²) in [5.74, 6) is -0.883. The predicted molar refractivity (Wildman–Crippen MR) is 147 cm³/mol. The molecule has 0 aliphatic heterocycles. The summed E-state index contributed by atoms with van der Waals surface area (Å²) in [4.78, 5) is 28.0. The number of carbonyl (C=O) groups excluding carboxylic acids is 2. The Morgan fingerprint density at radius 3 is 1.92 bits per heavy atom. The van der Waals surface area contributed by atoms with Gasteiger partial charge in [0.15, 0.2) is 0 Å². The van der Waals surface area contributed by atoms with E-state index in [9.17, 15) is 18.0 Å². The lowest BCUT2D eigenvalue weighted by Crippen LogP contribution is -2.52. The number of rotatable bonds is 10. The molecular weight excluding hydrogens is 533 g/mol. The van der Waals surface area contributed by atoms with Gasteiger partial charge in [-0.3, -0.25) is 13.9 Å². The van der Waals surface area contributed by atoms with E-state index >= 15 is 0 Å². The number of amides is 2. The molecule has 1 atom stereocenters. The van der Waals surface area contributed by atoms with Crippen molar-refractivity contribution in [2.45, 2.75) is 44.3 Å². The maximum Gasteiger partial charge on any atom is 0.264 e. The fraction of sp³-hybridized carbons (Fsp3) is 0.259. The molecule has 196 valence electrons. The Morgan fingerprint density at radius 2 is 1.38 bits per heavy atom. The van der Waals surface area contributed by atoms with Gasteiger partial charge in [0.1, 0.15) is 12.6 Å². The third kappa shape index (κ3) is 7.47. The average molecular weight is 563 g/mol. The van der Waals surface area contributed by atoms with Crippen LogP contribution in [-0.4, -0.2) is 43.8 Å². The maximum atomic E-state index is 13.8. The molecule has 0 fully saturated rings. The second-order valence-corrected chi connectivity index (χ2v) is 11.5. The highest BCUT2D eigenvalue weighted by atomic mass is 35.5. The first kappa shape index (κ1) is 28.5. The zero-order valence-electron chi connectivity index (χ0n) is 20.8. The van der Waals surface area contributed by atoms with Gasteiger partial charge in [0, 0.05) is 22.6 Å². The Kier molecular flexibility index (Phi) is 9.59. The summed E-state index contributed by atoms with van der Waals surface area (Å²) < 4.78 is 28.4. The zero-order valence-corrected chi connectivity index (χ0v) is 23.1. The molecule has 10 heteroatoms. The van der Waals surface area contributed by atoms with Crippen LogP contribution in [0.25, 0.3) is 0 Å². The van der Waals surface area contributed by atoms with E-state index in [1.165, 1.54) is 29.2 Å². The highest BCUT2D eigenvalue weighted by molar-refractivity contribution is 7.92. The largest absolute Gasteiger partial charge is 0.352 e. The van der Waals surface area contributed by atoms with Crippen LogP contribution in [0.3, 0.4) is 0 Å². The number of para-hydroxylation sites is 1. The molecule has 0 bridgehead atoms. The minimum absolute atomic E-state index is 0.0107. The standard InChI is InChI=1S/C27H29Cl2N3O4S/c1-19(2)30-27(34)20(3)31(17-21-9-11-22(28)12-10-21)26(33)18-32(24-7-5-4-6-8-24)37(35,36)25-15-13-23(29)14-16-25/h4-16,19-20H,17-18H2,1-3H3,(H,30,34)/t20-/m0/s1. The van der Waals surface area contributed by atoms with Crippen molar-refractivity contribution in [2.75, 3.05) is 10.8 Å². The summed E-state index contributed by atoms with van der Waals surface area (Å²) >= 11 is 12.0.